The number of nitrogens with one attached hydrogen (secondary N) is 1. The predicted octanol–water partition coefficient (Wildman–Crippen LogP) is 1.61. The number of methoxy groups -OCH3 is 1. The van der Waals surface area contributed by atoms with Gasteiger partial charge >= 0.3 is 0 Å². The van der Waals surface area contributed by atoms with Crippen molar-refractivity contribution < 1.29 is 19.4 Å². The van der Waals surface area contributed by atoms with Crippen molar-refractivity contribution in [3.8, 4) is 5.75 Å². The smallest absolute Gasteiger partial charge is 0.244 e. The monoisotopic (exact) mass is 293 g/mol. The van der Waals surface area contributed by atoms with Crippen molar-refractivity contribution in [1.82, 2.24) is 5.32 Å². The molecule has 0 aliphatic rings. The van der Waals surface area contributed by atoms with Crippen molar-refractivity contribution in [1.29, 1.82) is 0 Å². The molecule has 0 aromatic heterocycles. The van der Waals surface area contributed by atoms with E-state index in [4.69, 9.17) is 9.47 Å². The molecule has 21 heavy (non-hydrogen) atoms. The highest BCUT2D eigenvalue weighted by molar-refractivity contribution is 5.92. The van der Waals surface area contributed by atoms with E-state index in [2.05, 4.69) is 5.32 Å². The zero-order chi connectivity index (χ0) is 15.5. The lowest BCUT2D eigenvalue weighted by Crippen LogP contribution is -2.27. The average Bonchev–Trinajstić information content (AvgIpc) is 2.47. The van der Waals surface area contributed by atoms with Gasteiger partial charge in [0.1, 0.15) is 5.75 Å². The predicted molar refractivity (Wildman–Crippen MR) is 82.2 cm³/mol. The van der Waals surface area contributed by atoms with Crippen LogP contribution >= 0.6 is 0 Å². The summed E-state index contributed by atoms with van der Waals surface area (Å²) < 4.78 is 10.3. The highest BCUT2D eigenvalue weighted by Gasteiger charge is 2.04. The quantitative estimate of drug-likeness (QED) is 0.679. The van der Waals surface area contributed by atoms with E-state index in [1.807, 2.05) is 31.2 Å². The van der Waals surface area contributed by atoms with Crippen molar-refractivity contribution in [2.45, 2.75) is 19.4 Å². The van der Waals surface area contributed by atoms with Crippen molar-refractivity contribution in [3.05, 3.63) is 35.9 Å². The number of rotatable bonds is 9. The van der Waals surface area contributed by atoms with Crippen LogP contribution < -0.4 is 10.1 Å². The Morgan fingerprint density at radius 2 is 2.19 bits per heavy atom. The van der Waals surface area contributed by atoms with Gasteiger partial charge in [-0.1, -0.05) is 18.2 Å². The van der Waals surface area contributed by atoms with E-state index in [1.165, 1.54) is 13.2 Å². The van der Waals surface area contributed by atoms with Crippen LogP contribution in [0.25, 0.3) is 6.08 Å². The third-order valence-electron chi connectivity index (χ3n) is 2.77. The Morgan fingerprint density at radius 1 is 1.43 bits per heavy atom. The molecule has 0 heterocycles. The van der Waals surface area contributed by atoms with E-state index in [-0.39, 0.29) is 12.5 Å². The molecule has 0 aliphatic heterocycles. The molecule has 5 nitrogen and oxygen atoms in total. The Kier molecular flexibility index (Phi) is 8.16. The maximum Gasteiger partial charge on any atom is 0.244 e. The number of carbonyl (C=O) groups is 1. The van der Waals surface area contributed by atoms with Crippen LogP contribution in [-0.2, 0) is 9.53 Å². The number of hydrogen-bond donors (Lipinski definition) is 2. The average molecular weight is 293 g/mol. The molecular formula is C16H23NO4. The molecule has 1 aromatic rings. The van der Waals surface area contributed by atoms with Gasteiger partial charge in [0.15, 0.2) is 0 Å². The van der Waals surface area contributed by atoms with Gasteiger partial charge in [-0.25, -0.2) is 0 Å². The summed E-state index contributed by atoms with van der Waals surface area (Å²) in [5, 5.41) is 12.2. The number of amides is 1. The fourth-order valence-electron chi connectivity index (χ4n) is 1.77. The van der Waals surface area contributed by atoms with Crippen LogP contribution in [0.3, 0.4) is 0 Å². The van der Waals surface area contributed by atoms with Gasteiger partial charge in [0.05, 0.1) is 19.3 Å². The van der Waals surface area contributed by atoms with Crippen molar-refractivity contribution in [3.63, 3.8) is 0 Å². The summed E-state index contributed by atoms with van der Waals surface area (Å²) in [7, 11) is 1.53. The van der Waals surface area contributed by atoms with E-state index in [1.54, 1.807) is 6.08 Å². The molecule has 0 bridgehead atoms. The summed E-state index contributed by atoms with van der Waals surface area (Å²) in [5.41, 5.74) is 0.855. The summed E-state index contributed by atoms with van der Waals surface area (Å²) in [4.78, 5) is 11.7. The van der Waals surface area contributed by atoms with Gasteiger partial charge in [-0.15, -0.1) is 0 Å². The van der Waals surface area contributed by atoms with E-state index >= 15 is 0 Å². The lowest BCUT2D eigenvalue weighted by molar-refractivity contribution is -0.116. The van der Waals surface area contributed by atoms with Gasteiger partial charge in [0.25, 0.3) is 0 Å². The molecule has 2 N–H and O–H groups in total. The molecule has 0 fully saturated rings. The fraction of sp³-hybridized carbons (Fsp3) is 0.438. The number of carbonyl (C=O) groups excluding carboxylic acids is 1. The Morgan fingerprint density at radius 3 is 2.90 bits per heavy atom. The fourth-order valence-corrected chi connectivity index (χ4v) is 1.77. The zero-order valence-corrected chi connectivity index (χ0v) is 12.5. The summed E-state index contributed by atoms with van der Waals surface area (Å²) >= 11 is 0. The summed E-state index contributed by atoms with van der Waals surface area (Å²) in [6.45, 7) is 3.17. The van der Waals surface area contributed by atoms with E-state index < -0.39 is 6.10 Å². The molecule has 1 amide bonds. The van der Waals surface area contributed by atoms with Crippen molar-refractivity contribution in [2.75, 3.05) is 26.9 Å². The van der Waals surface area contributed by atoms with Crippen molar-refractivity contribution in [2.24, 2.45) is 0 Å². The minimum atomic E-state index is -0.557. The van der Waals surface area contributed by atoms with Crippen LogP contribution in [0.2, 0.25) is 0 Å². The second-order valence-electron chi connectivity index (χ2n) is 4.49. The van der Waals surface area contributed by atoms with Gasteiger partial charge in [0.2, 0.25) is 5.91 Å². The molecule has 1 aromatic carbocycles. The topological polar surface area (TPSA) is 67.8 Å². The van der Waals surface area contributed by atoms with E-state index in [0.717, 1.165) is 11.3 Å². The standard InChI is InChI=1S/C16H23NO4/c1-3-21-15-7-5-4-6-13(15)8-9-16(19)17-11-10-14(18)12-20-2/h4-9,14,18H,3,10-12H2,1-2H3,(H,17,19)/b9-8+. The van der Waals surface area contributed by atoms with Gasteiger partial charge in [-0.2, -0.15) is 0 Å². The first-order valence-corrected chi connectivity index (χ1v) is 7.02. The maximum absolute atomic E-state index is 11.7. The second-order valence-corrected chi connectivity index (χ2v) is 4.49. The summed E-state index contributed by atoms with van der Waals surface area (Å²) in [5.74, 6) is 0.547. The maximum atomic E-state index is 11.7. The Balaban J connectivity index is 2.43. The number of aliphatic hydroxyl groups excluding tert-OH is 1. The minimum Gasteiger partial charge on any atom is -0.493 e. The lowest BCUT2D eigenvalue weighted by atomic mass is 10.2. The SMILES string of the molecule is CCOc1ccccc1/C=C/C(=O)NCCC(O)COC. The zero-order valence-electron chi connectivity index (χ0n) is 12.5. The number of hydrogen-bond acceptors (Lipinski definition) is 4. The normalized spacial score (nSPS) is 12.3. The summed E-state index contributed by atoms with van der Waals surface area (Å²) in [6, 6.07) is 7.53. The first-order valence-electron chi connectivity index (χ1n) is 7.02. The summed E-state index contributed by atoms with van der Waals surface area (Å²) in [6.07, 6.45) is 3.08. The van der Waals surface area contributed by atoms with E-state index in [9.17, 15) is 9.90 Å². The highest BCUT2D eigenvalue weighted by atomic mass is 16.5. The van der Waals surface area contributed by atoms with Crippen LogP contribution in [0, 0.1) is 0 Å². The van der Waals surface area contributed by atoms with Crippen LogP contribution in [-0.4, -0.2) is 44.0 Å². The molecule has 1 atom stereocenters. The van der Waals surface area contributed by atoms with Gasteiger partial charge in [-0.3, -0.25) is 4.79 Å². The largest absolute Gasteiger partial charge is 0.493 e. The first-order chi connectivity index (χ1) is 10.2. The van der Waals surface area contributed by atoms with Crippen LogP contribution in [0.5, 0.6) is 5.75 Å². The van der Waals surface area contributed by atoms with Gasteiger partial charge in [-0.05, 0) is 25.5 Å². The van der Waals surface area contributed by atoms with Crippen LogP contribution in [0.4, 0.5) is 0 Å². The Hall–Kier alpha value is -1.85. The third kappa shape index (κ3) is 6.92. The Labute approximate surface area is 125 Å². The second kappa shape index (κ2) is 9.96. The number of para-hydroxylation sites is 1. The van der Waals surface area contributed by atoms with Crippen LogP contribution in [0.1, 0.15) is 18.9 Å². The molecule has 0 saturated carbocycles. The number of aliphatic hydroxyl groups is 1. The molecule has 1 rings (SSSR count). The number of ether oxygens (including phenoxy) is 2. The molecule has 0 aliphatic carbocycles. The molecule has 0 radical (unpaired) electrons. The van der Waals surface area contributed by atoms with Crippen LogP contribution in [0.15, 0.2) is 30.3 Å². The van der Waals surface area contributed by atoms with Crippen molar-refractivity contribution >= 4 is 12.0 Å². The first kappa shape index (κ1) is 17.2. The molecule has 0 spiro atoms. The number of benzene rings is 1. The van der Waals surface area contributed by atoms with E-state index in [0.29, 0.717) is 19.6 Å². The molecule has 116 valence electrons. The lowest BCUT2D eigenvalue weighted by Gasteiger charge is -2.09. The molecular weight excluding hydrogens is 270 g/mol. The third-order valence-corrected chi connectivity index (χ3v) is 2.77. The Bertz CT molecular complexity index is 459. The van der Waals surface area contributed by atoms with Gasteiger partial charge in [0, 0.05) is 25.3 Å². The van der Waals surface area contributed by atoms with Gasteiger partial charge < -0.3 is 19.9 Å². The highest BCUT2D eigenvalue weighted by Crippen LogP contribution is 2.19. The molecule has 0 saturated heterocycles. The molecule has 1 unspecified atom stereocenters. The minimum absolute atomic E-state index is 0.203. The molecule has 5 heteroatoms.